The Morgan fingerprint density at radius 3 is 1.78 bits per heavy atom. The maximum atomic E-state index is 5.92. The van der Waals surface area contributed by atoms with Crippen LogP contribution in [0.2, 0.25) is 0 Å². The van der Waals surface area contributed by atoms with E-state index in [1.807, 2.05) is 102 Å². The van der Waals surface area contributed by atoms with Crippen LogP contribution < -0.4 is 9.80 Å². The predicted octanol–water partition coefficient (Wildman–Crippen LogP) is 19.4. The monoisotopic (exact) mass is 1170 g/mol. The Bertz CT molecular complexity index is 5310. The van der Waals surface area contributed by atoms with Crippen LogP contribution in [0.25, 0.3) is 131 Å². The highest BCUT2D eigenvalue weighted by Gasteiger charge is 2.24. The van der Waals surface area contributed by atoms with Gasteiger partial charge in [-0.2, -0.15) is 9.97 Å². The Kier molecular flexibility index (Phi) is 13.0. The minimum atomic E-state index is 0.321. The highest BCUT2D eigenvalue weighted by atomic mass is 32.1. The van der Waals surface area contributed by atoms with Crippen LogP contribution in [0.15, 0.2) is 276 Å². The molecule has 420 valence electrons. The standard InChI is InChI=1S/C50H32N4S2.C24H18N6O2/c1-2-13-39(14-3-1)53(44-16-8-12-34-10-6-7-15-42(34)44)40-24-22-36(23-25-40)47-31-49-48(56-47)30-46(55-49)35-17-19-37(20-18-35)50-52-43-32-51-28-27-45(43)54(50)41-26-21-33-9-4-5-11-38(33)29-41;1-29(2)24-28-23-22(32-24)27-21(31-23)20-26-18-9-6-14-25-19(18)30(20)17-12-10-16(11-13-17)15-7-4-3-5-8-15/h1-32H;3-14H,1-2H3. The van der Waals surface area contributed by atoms with E-state index < -0.39 is 0 Å². The van der Waals surface area contributed by atoms with Gasteiger partial charge in [0.1, 0.15) is 16.9 Å². The van der Waals surface area contributed by atoms with Crippen molar-refractivity contribution in [3.8, 4) is 66.5 Å². The van der Waals surface area contributed by atoms with Gasteiger partial charge in [0.25, 0.3) is 17.3 Å². The number of nitrogens with zero attached hydrogens (tertiary/aromatic N) is 10. The van der Waals surface area contributed by atoms with E-state index in [9.17, 15) is 0 Å². The molecule has 0 atom stereocenters. The Labute approximate surface area is 512 Å². The summed E-state index contributed by atoms with van der Waals surface area (Å²) < 4.78 is 18.4. The van der Waals surface area contributed by atoms with Crippen molar-refractivity contribution in [2.75, 3.05) is 23.9 Å². The molecule has 14 heteroatoms. The summed E-state index contributed by atoms with van der Waals surface area (Å²) in [6, 6.07) is 88.1. The first-order valence-corrected chi connectivity index (χ1v) is 30.4. The third kappa shape index (κ3) is 9.58. The number of pyridine rings is 2. The van der Waals surface area contributed by atoms with E-state index >= 15 is 0 Å². The fourth-order valence-electron chi connectivity index (χ4n) is 11.4. The number of hydrogen-bond acceptors (Lipinski definition) is 12. The van der Waals surface area contributed by atoms with Crippen LogP contribution in [0.3, 0.4) is 0 Å². The second-order valence-corrected chi connectivity index (χ2v) is 23.6. The molecule has 0 fully saturated rings. The minimum Gasteiger partial charge on any atom is -0.411 e. The zero-order valence-electron chi connectivity index (χ0n) is 47.5. The number of thiophene rings is 2. The van der Waals surface area contributed by atoms with E-state index in [4.69, 9.17) is 18.8 Å². The number of rotatable bonds is 11. The Morgan fingerprint density at radius 2 is 1.03 bits per heavy atom. The Morgan fingerprint density at radius 1 is 0.420 bits per heavy atom. The van der Waals surface area contributed by atoms with Crippen LogP contribution in [-0.4, -0.2) is 53.1 Å². The molecule has 0 N–H and O–H groups in total. The van der Waals surface area contributed by atoms with Crippen LogP contribution in [0, 0.1) is 0 Å². The summed E-state index contributed by atoms with van der Waals surface area (Å²) in [5.74, 6) is 1.76. The fraction of sp³-hybridized carbons (Fsp3) is 0.0270. The van der Waals surface area contributed by atoms with Crippen molar-refractivity contribution in [2.45, 2.75) is 0 Å². The van der Waals surface area contributed by atoms with Gasteiger partial charge in [0, 0.05) is 79.3 Å². The maximum absolute atomic E-state index is 5.92. The zero-order chi connectivity index (χ0) is 58.7. The van der Waals surface area contributed by atoms with E-state index in [-0.39, 0.29) is 0 Å². The second kappa shape index (κ2) is 21.9. The van der Waals surface area contributed by atoms with Crippen molar-refractivity contribution < 1.29 is 8.83 Å². The van der Waals surface area contributed by atoms with E-state index in [1.165, 1.54) is 57.5 Å². The van der Waals surface area contributed by atoms with Gasteiger partial charge in [-0.25, -0.2) is 15.0 Å². The van der Waals surface area contributed by atoms with Gasteiger partial charge < -0.3 is 18.6 Å². The summed E-state index contributed by atoms with van der Waals surface area (Å²) in [7, 11) is 3.69. The summed E-state index contributed by atoms with van der Waals surface area (Å²) >= 11 is 3.70. The Hall–Kier alpha value is -11.3. The van der Waals surface area contributed by atoms with Crippen molar-refractivity contribution in [1.29, 1.82) is 0 Å². The van der Waals surface area contributed by atoms with Gasteiger partial charge in [-0.3, -0.25) is 14.1 Å². The van der Waals surface area contributed by atoms with Crippen LogP contribution in [0.1, 0.15) is 0 Å². The lowest BCUT2D eigenvalue weighted by Crippen LogP contribution is -2.10. The molecule has 8 aromatic heterocycles. The first-order valence-electron chi connectivity index (χ1n) is 28.7. The normalized spacial score (nSPS) is 11.5. The molecule has 17 aromatic rings. The number of aromatic nitrogens is 8. The molecule has 0 bridgehead atoms. The number of imidazole rings is 2. The minimum absolute atomic E-state index is 0.321. The third-order valence-electron chi connectivity index (χ3n) is 15.7. The summed E-state index contributed by atoms with van der Waals surface area (Å²) in [4.78, 5) is 34.2. The number of anilines is 4. The van der Waals surface area contributed by atoms with E-state index in [0.29, 0.717) is 34.8 Å². The maximum Gasteiger partial charge on any atom is 0.302 e. The smallest absolute Gasteiger partial charge is 0.302 e. The molecule has 0 aliphatic carbocycles. The molecule has 0 spiro atoms. The molecule has 0 aliphatic rings. The molecule has 0 unspecified atom stereocenters. The highest BCUT2D eigenvalue weighted by Crippen LogP contribution is 2.45. The van der Waals surface area contributed by atoms with Crippen molar-refractivity contribution in [1.82, 2.24) is 39.0 Å². The van der Waals surface area contributed by atoms with Gasteiger partial charge in [0.15, 0.2) is 5.65 Å². The van der Waals surface area contributed by atoms with Crippen molar-refractivity contribution in [2.24, 2.45) is 0 Å². The topological polar surface area (TPSA) is 120 Å². The van der Waals surface area contributed by atoms with Gasteiger partial charge >= 0.3 is 6.01 Å². The second-order valence-electron chi connectivity index (χ2n) is 21.5. The summed E-state index contributed by atoms with van der Waals surface area (Å²) in [6.45, 7) is 0. The number of oxazole rings is 2. The molecule has 0 saturated heterocycles. The lowest BCUT2D eigenvalue weighted by molar-refractivity contribution is 0.578. The molecule has 0 saturated carbocycles. The predicted molar refractivity (Wildman–Crippen MR) is 360 cm³/mol. The van der Waals surface area contributed by atoms with Crippen molar-refractivity contribution in [3.63, 3.8) is 0 Å². The molecule has 0 aliphatic heterocycles. The van der Waals surface area contributed by atoms with Crippen LogP contribution >= 0.6 is 22.7 Å². The molecule has 88 heavy (non-hydrogen) atoms. The van der Waals surface area contributed by atoms with Gasteiger partial charge in [-0.1, -0.05) is 164 Å². The van der Waals surface area contributed by atoms with E-state index in [2.05, 4.69) is 230 Å². The average molecular weight is 1180 g/mol. The lowest BCUT2D eigenvalue weighted by Gasteiger charge is -2.27. The van der Waals surface area contributed by atoms with E-state index in [0.717, 1.165) is 61.8 Å². The average Bonchev–Trinajstić information content (AvgIpc) is 1.85. The summed E-state index contributed by atoms with van der Waals surface area (Å²) in [6.07, 6.45) is 5.43. The highest BCUT2D eigenvalue weighted by molar-refractivity contribution is 7.31. The van der Waals surface area contributed by atoms with Crippen molar-refractivity contribution >= 4 is 110 Å². The number of para-hydroxylation sites is 1. The Balaban J connectivity index is 0.000000165. The SMILES string of the molecule is CN(C)c1nc2oc(-c3nc4cccnc4n3-c3ccc(-c4ccccc4)cc3)nc2o1.c1ccc(N(c2ccc(-c3cc4sc(-c5ccc(-c6nc7cnccc7n6-c6ccc7ccccc7c6)cc5)cc4s3)cc2)c2cccc3ccccc23)cc1. The van der Waals surface area contributed by atoms with Crippen LogP contribution in [0.4, 0.5) is 23.1 Å². The molecule has 9 aromatic carbocycles. The number of fused-ring (bicyclic) bond motifs is 6. The van der Waals surface area contributed by atoms with E-state index in [1.54, 1.807) is 11.1 Å². The molecule has 0 radical (unpaired) electrons. The van der Waals surface area contributed by atoms with Gasteiger partial charge in [0.2, 0.25) is 5.82 Å². The van der Waals surface area contributed by atoms with Gasteiger partial charge in [0.05, 0.1) is 17.4 Å². The van der Waals surface area contributed by atoms with Gasteiger partial charge in [-0.05, 0) is 123 Å². The molecule has 8 heterocycles. The molecule has 12 nitrogen and oxygen atoms in total. The third-order valence-corrected chi connectivity index (χ3v) is 18.1. The van der Waals surface area contributed by atoms with Gasteiger partial charge in [-0.15, -0.1) is 22.7 Å². The molecule has 17 rings (SSSR count). The largest absolute Gasteiger partial charge is 0.411 e. The lowest BCUT2D eigenvalue weighted by atomic mass is 10.1. The summed E-state index contributed by atoms with van der Waals surface area (Å²) in [5.41, 5.74) is 15.2. The van der Waals surface area contributed by atoms with Crippen molar-refractivity contribution in [3.05, 3.63) is 267 Å². The first-order chi connectivity index (χ1) is 43.4. The number of hydrogen-bond donors (Lipinski definition) is 0. The van der Waals surface area contributed by atoms with Crippen LogP contribution in [0.5, 0.6) is 0 Å². The fourth-order valence-corrected chi connectivity index (χ4v) is 13.8. The first kappa shape index (κ1) is 52.3. The molecular formula is C74H50N10O2S2. The zero-order valence-corrected chi connectivity index (χ0v) is 49.1. The van der Waals surface area contributed by atoms with Crippen LogP contribution in [-0.2, 0) is 0 Å². The molecular weight excluding hydrogens is 1130 g/mol. The number of benzene rings is 9. The molecule has 0 amide bonds. The quantitative estimate of drug-likeness (QED) is 0.124. The summed E-state index contributed by atoms with van der Waals surface area (Å²) in [5, 5.41) is 4.88.